The van der Waals surface area contributed by atoms with Crippen molar-refractivity contribution in [1.82, 2.24) is 4.57 Å². The van der Waals surface area contributed by atoms with Crippen LogP contribution in [0, 0.1) is 0 Å². The van der Waals surface area contributed by atoms with E-state index in [0.717, 1.165) is 22.2 Å². The van der Waals surface area contributed by atoms with Crippen LogP contribution in [0.15, 0.2) is 79.0 Å². The maximum Gasteiger partial charge on any atom is 0.264 e. The smallest absolute Gasteiger partial charge is 0.264 e. The van der Waals surface area contributed by atoms with Crippen LogP contribution in [0.3, 0.4) is 0 Å². The number of ketones is 1. The van der Waals surface area contributed by atoms with Crippen molar-refractivity contribution in [3.05, 3.63) is 90.1 Å². The third-order valence-corrected chi connectivity index (χ3v) is 6.09. The molecule has 0 bridgehead atoms. The van der Waals surface area contributed by atoms with Crippen molar-refractivity contribution in [3.8, 4) is 11.5 Å². The molecule has 1 amide bonds. The zero-order chi connectivity index (χ0) is 22.9. The Hall–Kier alpha value is -4.06. The standard InChI is InChI=1S/C27H24N2O4/c1-18(27(31)20-11-12-25-23(15-20)28(2)26(30)17-33-25)29-14-13-21-22(29)9-6-10-24(21)32-16-19-7-4-3-5-8-19/h3-15,18H,16-17H2,1-2H3. The Bertz CT molecular complexity index is 1340. The summed E-state index contributed by atoms with van der Waals surface area (Å²) in [4.78, 5) is 26.9. The Kier molecular flexibility index (Phi) is 5.34. The highest BCUT2D eigenvalue weighted by molar-refractivity contribution is 6.03. The van der Waals surface area contributed by atoms with Gasteiger partial charge in [0, 0.05) is 24.2 Å². The van der Waals surface area contributed by atoms with Crippen LogP contribution in [0.2, 0.25) is 0 Å². The molecule has 0 spiro atoms. The molecule has 4 aromatic rings. The summed E-state index contributed by atoms with van der Waals surface area (Å²) < 4.78 is 13.5. The highest BCUT2D eigenvalue weighted by Crippen LogP contribution is 2.34. The first-order valence-corrected chi connectivity index (χ1v) is 10.9. The lowest BCUT2D eigenvalue weighted by molar-refractivity contribution is -0.120. The van der Waals surface area contributed by atoms with Crippen molar-refractivity contribution in [1.29, 1.82) is 0 Å². The third-order valence-electron chi connectivity index (χ3n) is 6.09. The van der Waals surface area contributed by atoms with Gasteiger partial charge in [-0.3, -0.25) is 9.59 Å². The molecular formula is C27H24N2O4. The summed E-state index contributed by atoms with van der Waals surface area (Å²) in [7, 11) is 1.69. The van der Waals surface area contributed by atoms with Gasteiger partial charge in [0.05, 0.1) is 17.2 Å². The normalized spacial score (nSPS) is 14.0. The average Bonchev–Trinajstić information content (AvgIpc) is 3.29. The third kappa shape index (κ3) is 3.84. The van der Waals surface area contributed by atoms with Gasteiger partial charge in [-0.1, -0.05) is 36.4 Å². The molecule has 1 aliphatic rings. The number of likely N-dealkylation sites (N-methyl/N-ethyl adjacent to an activating group) is 1. The van der Waals surface area contributed by atoms with E-state index < -0.39 is 6.04 Å². The number of amides is 1. The number of aromatic nitrogens is 1. The minimum absolute atomic E-state index is 0.0111. The van der Waals surface area contributed by atoms with Crippen LogP contribution in [-0.4, -0.2) is 29.9 Å². The number of fused-ring (bicyclic) bond motifs is 2. The first-order valence-electron chi connectivity index (χ1n) is 10.9. The fraction of sp³-hybridized carbons (Fsp3) is 0.185. The minimum Gasteiger partial charge on any atom is -0.488 e. The van der Waals surface area contributed by atoms with Crippen molar-refractivity contribution in [3.63, 3.8) is 0 Å². The average molecular weight is 440 g/mol. The number of nitrogens with zero attached hydrogens (tertiary/aromatic N) is 2. The van der Waals surface area contributed by atoms with Gasteiger partial charge in [0.25, 0.3) is 5.91 Å². The van der Waals surface area contributed by atoms with E-state index in [2.05, 4.69) is 0 Å². The van der Waals surface area contributed by atoms with Crippen LogP contribution < -0.4 is 14.4 Å². The van der Waals surface area contributed by atoms with Crippen LogP contribution in [-0.2, 0) is 11.4 Å². The summed E-state index contributed by atoms with van der Waals surface area (Å²) in [6.07, 6.45) is 1.92. The lowest BCUT2D eigenvalue weighted by atomic mass is 10.0. The number of anilines is 1. The van der Waals surface area contributed by atoms with Gasteiger partial charge in [-0.15, -0.1) is 0 Å². The molecule has 6 nitrogen and oxygen atoms in total. The van der Waals surface area contributed by atoms with E-state index in [-0.39, 0.29) is 18.3 Å². The van der Waals surface area contributed by atoms with E-state index in [9.17, 15) is 9.59 Å². The molecule has 0 aliphatic carbocycles. The minimum atomic E-state index is -0.435. The van der Waals surface area contributed by atoms with Crippen LogP contribution in [0.1, 0.15) is 28.9 Å². The van der Waals surface area contributed by atoms with Gasteiger partial charge in [0.15, 0.2) is 12.4 Å². The Morgan fingerprint density at radius 3 is 2.70 bits per heavy atom. The zero-order valence-corrected chi connectivity index (χ0v) is 18.5. The van der Waals surface area contributed by atoms with E-state index in [1.807, 2.05) is 72.3 Å². The number of Topliss-reactive ketones (excluding diaryl/α,β-unsaturated/α-hetero) is 1. The lowest BCUT2D eigenvalue weighted by Crippen LogP contribution is -2.35. The molecule has 5 rings (SSSR count). The molecule has 2 heterocycles. The highest BCUT2D eigenvalue weighted by atomic mass is 16.5. The van der Waals surface area contributed by atoms with Gasteiger partial charge < -0.3 is 18.9 Å². The van der Waals surface area contributed by atoms with Crippen LogP contribution in [0.4, 0.5) is 5.69 Å². The summed E-state index contributed by atoms with van der Waals surface area (Å²) in [5.41, 5.74) is 3.16. The summed E-state index contributed by atoms with van der Waals surface area (Å²) in [5, 5.41) is 0.956. The van der Waals surface area contributed by atoms with Crippen LogP contribution >= 0.6 is 0 Å². The van der Waals surface area contributed by atoms with Gasteiger partial charge >= 0.3 is 0 Å². The molecule has 1 unspecified atom stereocenters. The molecule has 0 N–H and O–H groups in total. The molecular weight excluding hydrogens is 416 g/mol. The second-order valence-corrected chi connectivity index (χ2v) is 8.15. The quantitative estimate of drug-likeness (QED) is 0.395. The number of hydrogen-bond donors (Lipinski definition) is 0. The van der Waals surface area contributed by atoms with Crippen LogP contribution in [0.25, 0.3) is 10.9 Å². The number of rotatable bonds is 6. The maximum atomic E-state index is 13.4. The van der Waals surface area contributed by atoms with Crippen molar-refractivity contribution in [2.24, 2.45) is 0 Å². The molecule has 0 saturated heterocycles. The monoisotopic (exact) mass is 440 g/mol. The van der Waals surface area contributed by atoms with E-state index in [0.29, 0.717) is 23.6 Å². The molecule has 6 heteroatoms. The SMILES string of the molecule is CC(C(=O)c1ccc2c(c1)N(C)C(=O)CO2)n1ccc2c(OCc3ccccc3)cccc21. The fourth-order valence-corrected chi connectivity index (χ4v) is 4.15. The Morgan fingerprint density at radius 2 is 1.88 bits per heavy atom. The Balaban J connectivity index is 1.41. The van der Waals surface area contributed by atoms with Crippen molar-refractivity contribution in [2.45, 2.75) is 19.6 Å². The van der Waals surface area contributed by atoms with Gasteiger partial charge in [0.1, 0.15) is 18.1 Å². The predicted molar refractivity (Wildman–Crippen MR) is 127 cm³/mol. The lowest BCUT2D eigenvalue weighted by Gasteiger charge is -2.26. The fourth-order valence-electron chi connectivity index (χ4n) is 4.15. The molecule has 1 atom stereocenters. The van der Waals surface area contributed by atoms with Gasteiger partial charge in [-0.2, -0.15) is 0 Å². The summed E-state index contributed by atoms with van der Waals surface area (Å²) in [5.74, 6) is 1.20. The largest absolute Gasteiger partial charge is 0.488 e. The molecule has 166 valence electrons. The van der Waals surface area contributed by atoms with Gasteiger partial charge in [-0.05, 0) is 48.9 Å². The Labute approximate surface area is 192 Å². The van der Waals surface area contributed by atoms with E-state index in [1.54, 1.807) is 25.2 Å². The molecule has 0 saturated carbocycles. The van der Waals surface area contributed by atoms with Gasteiger partial charge in [0.2, 0.25) is 0 Å². The maximum absolute atomic E-state index is 13.4. The van der Waals surface area contributed by atoms with Crippen LogP contribution in [0.5, 0.6) is 11.5 Å². The van der Waals surface area contributed by atoms with Crippen molar-refractivity contribution < 1.29 is 19.1 Å². The highest BCUT2D eigenvalue weighted by Gasteiger charge is 2.25. The number of hydrogen-bond acceptors (Lipinski definition) is 4. The van der Waals surface area contributed by atoms with E-state index in [4.69, 9.17) is 9.47 Å². The number of carbonyl (C=O) groups excluding carboxylic acids is 2. The summed E-state index contributed by atoms with van der Waals surface area (Å²) in [6.45, 7) is 2.37. The summed E-state index contributed by atoms with van der Waals surface area (Å²) in [6, 6.07) is 22.7. The molecule has 1 aromatic heterocycles. The van der Waals surface area contributed by atoms with E-state index in [1.165, 1.54) is 4.90 Å². The number of carbonyl (C=O) groups is 2. The molecule has 0 radical (unpaired) electrons. The second-order valence-electron chi connectivity index (χ2n) is 8.15. The van der Waals surface area contributed by atoms with E-state index >= 15 is 0 Å². The van der Waals surface area contributed by atoms with Gasteiger partial charge in [-0.25, -0.2) is 0 Å². The number of benzene rings is 3. The molecule has 1 aliphatic heterocycles. The van der Waals surface area contributed by atoms with Crippen molar-refractivity contribution >= 4 is 28.3 Å². The molecule has 3 aromatic carbocycles. The first kappa shape index (κ1) is 20.8. The zero-order valence-electron chi connectivity index (χ0n) is 18.5. The molecule has 0 fully saturated rings. The molecule has 33 heavy (non-hydrogen) atoms. The first-order chi connectivity index (χ1) is 16.0. The van der Waals surface area contributed by atoms with Crippen molar-refractivity contribution in [2.75, 3.05) is 18.6 Å². The topological polar surface area (TPSA) is 60.8 Å². The number of ether oxygens (including phenoxy) is 2. The predicted octanol–water partition coefficient (Wildman–Crippen LogP) is 5.02. The second kappa shape index (κ2) is 8.47. The summed E-state index contributed by atoms with van der Waals surface area (Å²) >= 11 is 0. The Morgan fingerprint density at radius 1 is 1.06 bits per heavy atom.